The maximum absolute atomic E-state index is 6.09. The highest BCUT2D eigenvalue weighted by atomic mass is 32.1. The molecule has 0 aromatic carbocycles. The molecule has 6 rings (SSSR count). The van der Waals surface area contributed by atoms with Crippen LogP contribution in [0, 0.1) is 20.8 Å². The number of hydrogen-bond acceptors (Lipinski definition) is 9. The summed E-state index contributed by atoms with van der Waals surface area (Å²) >= 11 is 1.46. The molecule has 1 unspecified atom stereocenters. The van der Waals surface area contributed by atoms with Crippen LogP contribution in [0.2, 0.25) is 0 Å². The third kappa shape index (κ3) is 3.93. The van der Waals surface area contributed by atoms with E-state index in [1.54, 1.807) is 0 Å². The second-order valence-corrected chi connectivity index (χ2v) is 10.3. The predicted molar refractivity (Wildman–Crippen MR) is 135 cm³/mol. The molecule has 4 aromatic heterocycles. The van der Waals surface area contributed by atoms with Crippen LogP contribution in [0.5, 0.6) is 0 Å². The molecule has 0 radical (unpaired) electrons. The third-order valence-corrected chi connectivity index (χ3v) is 7.78. The van der Waals surface area contributed by atoms with Crippen LogP contribution in [-0.4, -0.2) is 56.7 Å². The SMILES string of the molecule is Cc1cc(-c2nsc3c(-c4c(C)noc4C)cc(N4CCOC[C@H]4C)nc23)n(C2CCCCO2)n1. The van der Waals surface area contributed by atoms with Crippen molar-refractivity contribution in [2.75, 3.05) is 31.3 Å². The maximum Gasteiger partial charge on any atom is 0.150 e. The normalized spacial score (nSPS) is 21.2. The molecule has 184 valence electrons. The van der Waals surface area contributed by atoms with Gasteiger partial charge >= 0.3 is 0 Å². The fraction of sp³-hybridized carbons (Fsp3) is 0.520. The van der Waals surface area contributed by atoms with E-state index >= 15 is 0 Å². The van der Waals surface area contributed by atoms with E-state index in [1.807, 2.05) is 25.5 Å². The molecule has 0 bridgehead atoms. The van der Waals surface area contributed by atoms with Crippen LogP contribution in [0.3, 0.4) is 0 Å². The van der Waals surface area contributed by atoms with E-state index in [1.165, 1.54) is 11.5 Å². The van der Waals surface area contributed by atoms with E-state index in [9.17, 15) is 0 Å². The average molecular weight is 495 g/mol. The molecule has 9 nitrogen and oxygen atoms in total. The van der Waals surface area contributed by atoms with Crippen LogP contribution in [0.4, 0.5) is 5.82 Å². The second-order valence-electron chi connectivity index (χ2n) is 9.49. The number of aryl methyl sites for hydroxylation is 3. The smallest absolute Gasteiger partial charge is 0.150 e. The number of fused-ring (bicyclic) bond motifs is 1. The number of rotatable bonds is 4. The van der Waals surface area contributed by atoms with Crippen molar-refractivity contribution in [3.8, 4) is 22.5 Å². The summed E-state index contributed by atoms with van der Waals surface area (Å²) in [6.45, 7) is 11.0. The number of aromatic nitrogens is 5. The number of nitrogens with zero attached hydrogens (tertiary/aromatic N) is 6. The molecule has 4 aromatic rings. The molecule has 0 spiro atoms. The minimum Gasteiger partial charge on any atom is -0.377 e. The molecule has 2 saturated heterocycles. The summed E-state index contributed by atoms with van der Waals surface area (Å²) in [4.78, 5) is 7.51. The Hall–Kier alpha value is -2.82. The first-order valence-corrected chi connectivity index (χ1v) is 13.0. The molecular weight excluding hydrogens is 464 g/mol. The molecule has 2 aliphatic heterocycles. The lowest BCUT2D eigenvalue weighted by molar-refractivity contribution is -0.0385. The molecule has 0 N–H and O–H groups in total. The molecule has 0 aliphatic carbocycles. The Balaban J connectivity index is 1.57. The summed E-state index contributed by atoms with van der Waals surface area (Å²) in [6, 6.07) is 4.48. The van der Waals surface area contributed by atoms with Crippen LogP contribution in [-0.2, 0) is 9.47 Å². The Bertz CT molecular complexity index is 1350. The highest BCUT2D eigenvalue weighted by Gasteiger charge is 2.28. The highest BCUT2D eigenvalue weighted by Crippen LogP contribution is 2.42. The monoisotopic (exact) mass is 494 g/mol. The van der Waals surface area contributed by atoms with E-state index < -0.39 is 0 Å². The van der Waals surface area contributed by atoms with Crippen molar-refractivity contribution < 1.29 is 14.0 Å². The Morgan fingerprint density at radius 3 is 2.74 bits per heavy atom. The van der Waals surface area contributed by atoms with Crippen molar-refractivity contribution in [1.29, 1.82) is 0 Å². The van der Waals surface area contributed by atoms with Crippen molar-refractivity contribution in [2.24, 2.45) is 0 Å². The average Bonchev–Trinajstić information content (AvgIpc) is 3.55. The number of morpholine rings is 1. The molecular formula is C25H30N6O3S. The van der Waals surface area contributed by atoms with Gasteiger partial charge in [-0.3, -0.25) is 0 Å². The molecule has 0 amide bonds. The standard InChI is InChI=1S/C25H30N6O3S/c1-14-11-19(31(27-14)21-7-5-6-9-33-21)23-24-25(35-29-23)18(22-16(3)28-34-17(22)4)12-20(26-24)30-8-10-32-13-15(30)2/h11-12,15,21H,5-10,13H2,1-4H3/t15-,21?/m1/s1. The van der Waals surface area contributed by atoms with Gasteiger partial charge in [-0.15, -0.1) is 0 Å². The zero-order valence-electron chi connectivity index (χ0n) is 20.6. The summed E-state index contributed by atoms with van der Waals surface area (Å²) in [7, 11) is 0. The molecule has 35 heavy (non-hydrogen) atoms. The lowest BCUT2D eigenvalue weighted by atomic mass is 10.0. The Kier molecular flexibility index (Phi) is 5.82. The van der Waals surface area contributed by atoms with Crippen LogP contribution >= 0.6 is 11.5 Å². The van der Waals surface area contributed by atoms with Gasteiger partial charge in [0.1, 0.15) is 22.8 Å². The van der Waals surface area contributed by atoms with Gasteiger partial charge in [0, 0.05) is 24.3 Å². The Morgan fingerprint density at radius 2 is 2.00 bits per heavy atom. The Morgan fingerprint density at radius 1 is 1.11 bits per heavy atom. The summed E-state index contributed by atoms with van der Waals surface area (Å²) < 4.78 is 25.3. The molecule has 2 atom stereocenters. The van der Waals surface area contributed by atoms with Gasteiger partial charge in [0.05, 0.1) is 41.0 Å². The van der Waals surface area contributed by atoms with Crippen molar-refractivity contribution in [1.82, 2.24) is 24.3 Å². The quantitative estimate of drug-likeness (QED) is 0.389. The number of hydrogen-bond donors (Lipinski definition) is 0. The fourth-order valence-electron chi connectivity index (χ4n) is 5.17. The van der Waals surface area contributed by atoms with Crippen molar-refractivity contribution in [2.45, 2.75) is 59.2 Å². The van der Waals surface area contributed by atoms with Crippen molar-refractivity contribution in [3.63, 3.8) is 0 Å². The van der Waals surface area contributed by atoms with Crippen molar-refractivity contribution in [3.05, 3.63) is 29.3 Å². The summed E-state index contributed by atoms with van der Waals surface area (Å²) in [5, 5.41) is 9.02. The lowest BCUT2D eigenvalue weighted by Crippen LogP contribution is -2.44. The topological polar surface area (TPSA) is 91.3 Å². The van der Waals surface area contributed by atoms with Gasteiger partial charge in [-0.25, -0.2) is 9.67 Å². The largest absolute Gasteiger partial charge is 0.377 e. The molecule has 6 heterocycles. The first-order valence-electron chi connectivity index (χ1n) is 12.3. The predicted octanol–water partition coefficient (Wildman–Crippen LogP) is 5.06. The van der Waals surface area contributed by atoms with E-state index in [0.29, 0.717) is 13.2 Å². The van der Waals surface area contributed by atoms with Gasteiger partial charge in [0.25, 0.3) is 0 Å². The first kappa shape index (κ1) is 22.6. The van der Waals surface area contributed by atoms with Gasteiger partial charge in [0.2, 0.25) is 0 Å². The number of ether oxygens (including phenoxy) is 2. The zero-order valence-corrected chi connectivity index (χ0v) is 21.4. The van der Waals surface area contributed by atoms with Gasteiger partial charge in [-0.1, -0.05) is 5.16 Å². The van der Waals surface area contributed by atoms with Crippen LogP contribution < -0.4 is 4.90 Å². The zero-order chi connectivity index (χ0) is 24.1. The van der Waals surface area contributed by atoms with Gasteiger partial charge < -0.3 is 18.9 Å². The van der Waals surface area contributed by atoms with E-state index in [2.05, 4.69) is 29.1 Å². The minimum atomic E-state index is -0.0753. The second kappa shape index (κ2) is 9.00. The summed E-state index contributed by atoms with van der Waals surface area (Å²) in [5.41, 5.74) is 6.54. The Labute approximate surface area is 208 Å². The lowest BCUT2D eigenvalue weighted by Gasteiger charge is -2.34. The van der Waals surface area contributed by atoms with E-state index in [-0.39, 0.29) is 12.3 Å². The first-order chi connectivity index (χ1) is 17.0. The van der Waals surface area contributed by atoms with E-state index in [0.717, 1.165) is 88.1 Å². The highest BCUT2D eigenvalue weighted by molar-refractivity contribution is 7.14. The fourth-order valence-corrected chi connectivity index (χ4v) is 6.02. The minimum absolute atomic E-state index is 0.0753. The number of pyridine rings is 1. The molecule has 0 saturated carbocycles. The van der Waals surface area contributed by atoms with Gasteiger partial charge in [-0.2, -0.15) is 9.47 Å². The van der Waals surface area contributed by atoms with Crippen LogP contribution in [0.15, 0.2) is 16.7 Å². The maximum atomic E-state index is 6.09. The summed E-state index contributed by atoms with van der Waals surface area (Å²) in [5.74, 6) is 1.71. The van der Waals surface area contributed by atoms with Crippen LogP contribution in [0.1, 0.15) is 49.6 Å². The van der Waals surface area contributed by atoms with Crippen molar-refractivity contribution >= 4 is 27.6 Å². The molecule has 10 heteroatoms. The summed E-state index contributed by atoms with van der Waals surface area (Å²) in [6.07, 6.45) is 3.10. The van der Waals surface area contributed by atoms with Gasteiger partial charge in [-0.05, 0) is 70.6 Å². The van der Waals surface area contributed by atoms with Gasteiger partial charge in [0.15, 0.2) is 6.23 Å². The van der Waals surface area contributed by atoms with Crippen LogP contribution in [0.25, 0.3) is 32.7 Å². The molecule has 2 fully saturated rings. The number of anilines is 1. The third-order valence-electron chi connectivity index (χ3n) is 6.91. The molecule has 2 aliphatic rings. The van der Waals surface area contributed by atoms with E-state index in [4.69, 9.17) is 28.5 Å².